The molecule has 0 aliphatic carbocycles. The summed E-state index contributed by atoms with van der Waals surface area (Å²) in [7, 11) is 0. The highest BCUT2D eigenvalue weighted by atomic mass is 32.2. The number of carbonyl (C=O) groups is 2. The van der Waals surface area contributed by atoms with Crippen molar-refractivity contribution in [2.24, 2.45) is 0 Å². The molecule has 1 aliphatic heterocycles. The van der Waals surface area contributed by atoms with E-state index in [0.717, 1.165) is 22.9 Å². The number of thioether (sulfide) groups is 1. The predicted molar refractivity (Wildman–Crippen MR) is 89.1 cm³/mol. The topological polar surface area (TPSA) is 37.4 Å². The molecule has 0 unspecified atom stereocenters. The molecule has 23 heavy (non-hydrogen) atoms. The lowest BCUT2D eigenvalue weighted by Crippen LogP contribution is -2.27. The minimum atomic E-state index is -0.338. The van der Waals surface area contributed by atoms with E-state index in [4.69, 9.17) is 0 Å². The molecule has 0 N–H and O–H groups in total. The van der Waals surface area contributed by atoms with E-state index >= 15 is 0 Å². The van der Waals surface area contributed by atoms with Crippen LogP contribution in [0.5, 0.6) is 0 Å². The van der Waals surface area contributed by atoms with Crippen molar-refractivity contribution in [3.8, 4) is 0 Å². The maximum Gasteiger partial charge on any atom is 0.293 e. The first-order valence-electron chi connectivity index (χ1n) is 7.09. The number of carbonyl (C=O) groups excluding carboxylic acids is 2. The zero-order valence-corrected chi connectivity index (χ0v) is 13.3. The van der Waals surface area contributed by atoms with E-state index in [1.54, 1.807) is 18.2 Å². The van der Waals surface area contributed by atoms with Crippen LogP contribution >= 0.6 is 11.8 Å². The monoisotopic (exact) mass is 327 g/mol. The molecule has 0 atom stereocenters. The van der Waals surface area contributed by atoms with Crippen molar-refractivity contribution in [2.45, 2.75) is 13.5 Å². The Kier molecular flexibility index (Phi) is 4.30. The van der Waals surface area contributed by atoms with Crippen LogP contribution < -0.4 is 0 Å². The first kappa shape index (κ1) is 15.5. The van der Waals surface area contributed by atoms with Crippen molar-refractivity contribution in [1.82, 2.24) is 4.90 Å². The molecule has 0 bridgehead atoms. The average molecular weight is 327 g/mol. The Morgan fingerprint density at radius 3 is 2.57 bits per heavy atom. The third-order valence-corrected chi connectivity index (χ3v) is 4.37. The summed E-state index contributed by atoms with van der Waals surface area (Å²) in [5.74, 6) is -0.652. The van der Waals surface area contributed by atoms with Crippen LogP contribution in [0.4, 0.5) is 9.18 Å². The summed E-state index contributed by atoms with van der Waals surface area (Å²) in [6, 6.07) is 13.5. The van der Waals surface area contributed by atoms with E-state index in [1.807, 2.05) is 31.2 Å². The highest BCUT2D eigenvalue weighted by Gasteiger charge is 2.34. The van der Waals surface area contributed by atoms with Crippen molar-refractivity contribution in [1.29, 1.82) is 0 Å². The van der Waals surface area contributed by atoms with E-state index in [0.29, 0.717) is 10.5 Å². The largest absolute Gasteiger partial charge is 0.293 e. The van der Waals surface area contributed by atoms with E-state index in [9.17, 15) is 14.0 Å². The van der Waals surface area contributed by atoms with Gasteiger partial charge >= 0.3 is 0 Å². The lowest BCUT2D eigenvalue weighted by molar-refractivity contribution is -0.123. The molecular weight excluding hydrogens is 313 g/mol. The van der Waals surface area contributed by atoms with Crippen molar-refractivity contribution >= 4 is 29.0 Å². The summed E-state index contributed by atoms with van der Waals surface area (Å²) in [6.45, 7) is 2.22. The van der Waals surface area contributed by atoms with Crippen LogP contribution in [0.15, 0.2) is 53.4 Å². The Hall–Kier alpha value is -2.40. The van der Waals surface area contributed by atoms with Crippen molar-refractivity contribution < 1.29 is 14.0 Å². The molecule has 3 rings (SSSR count). The summed E-state index contributed by atoms with van der Waals surface area (Å²) < 4.78 is 12.9. The SMILES string of the molecule is Cc1cccc(CN2C(=O)S/C(=C/c3ccc(F)cc3)C2=O)c1. The van der Waals surface area contributed by atoms with Gasteiger partial charge < -0.3 is 0 Å². The van der Waals surface area contributed by atoms with Crippen molar-refractivity contribution in [2.75, 3.05) is 0 Å². The quantitative estimate of drug-likeness (QED) is 0.786. The van der Waals surface area contributed by atoms with Gasteiger partial charge in [0, 0.05) is 0 Å². The predicted octanol–water partition coefficient (Wildman–Crippen LogP) is 4.37. The molecule has 0 aromatic heterocycles. The van der Waals surface area contributed by atoms with Gasteiger partial charge in [-0.2, -0.15) is 0 Å². The number of aryl methyl sites for hydroxylation is 1. The number of rotatable bonds is 3. The molecule has 5 heteroatoms. The first-order chi connectivity index (χ1) is 11.0. The zero-order valence-electron chi connectivity index (χ0n) is 12.5. The van der Waals surface area contributed by atoms with Gasteiger partial charge in [-0.25, -0.2) is 4.39 Å². The fourth-order valence-electron chi connectivity index (χ4n) is 2.34. The Morgan fingerprint density at radius 1 is 1.13 bits per heavy atom. The molecule has 3 nitrogen and oxygen atoms in total. The second-order valence-corrected chi connectivity index (χ2v) is 6.30. The highest BCUT2D eigenvalue weighted by Crippen LogP contribution is 2.33. The van der Waals surface area contributed by atoms with Crippen molar-refractivity contribution in [3.63, 3.8) is 0 Å². The van der Waals surface area contributed by atoms with Crippen LogP contribution in [-0.2, 0) is 11.3 Å². The van der Waals surface area contributed by atoms with Gasteiger partial charge in [0.2, 0.25) is 0 Å². The molecule has 0 spiro atoms. The molecule has 1 aliphatic rings. The van der Waals surface area contributed by atoms with E-state index in [2.05, 4.69) is 0 Å². The summed E-state index contributed by atoms with van der Waals surface area (Å²) in [5.41, 5.74) is 2.68. The van der Waals surface area contributed by atoms with Gasteiger partial charge in [-0.1, -0.05) is 42.0 Å². The van der Waals surface area contributed by atoms with Gasteiger partial charge in [0.25, 0.3) is 11.1 Å². The Morgan fingerprint density at radius 2 is 1.87 bits per heavy atom. The molecular formula is C18H14FNO2S. The van der Waals surface area contributed by atoms with Gasteiger partial charge in [0.05, 0.1) is 11.4 Å². The Balaban J connectivity index is 1.81. The van der Waals surface area contributed by atoms with Gasteiger partial charge in [-0.3, -0.25) is 14.5 Å². The molecule has 2 aromatic carbocycles. The third-order valence-electron chi connectivity index (χ3n) is 3.46. The number of amides is 2. The fraction of sp³-hybridized carbons (Fsp3) is 0.111. The number of hydrogen-bond acceptors (Lipinski definition) is 3. The highest BCUT2D eigenvalue weighted by molar-refractivity contribution is 8.18. The normalized spacial score (nSPS) is 16.4. The molecule has 0 radical (unpaired) electrons. The van der Waals surface area contributed by atoms with Crippen molar-refractivity contribution in [3.05, 3.63) is 75.9 Å². The maximum atomic E-state index is 12.9. The zero-order chi connectivity index (χ0) is 16.4. The Bertz CT molecular complexity index is 799. The Labute approximate surface area is 137 Å². The number of nitrogens with zero attached hydrogens (tertiary/aromatic N) is 1. The van der Waals surface area contributed by atoms with Gasteiger partial charge in [-0.15, -0.1) is 0 Å². The minimum absolute atomic E-state index is 0.257. The average Bonchev–Trinajstić information content (AvgIpc) is 2.77. The number of benzene rings is 2. The summed E-state index contributed by atoms with van der Waals surface area (Å²) in [5, 5.41) is -0.287. The van der Waals surface area contributed by atoms with Crippen LogP contribution in [-0.4, -0.2) is 16.0 Å². The van der Waals surface area contributed by atoms with Crippen LogP contribution in [0.1, 0.15) is 16.7 Å². The molecule has 2 amide bonds. The number of hydrogen-bond donors (Lipinski definition) is 0. The van der Waals surface area contributed by atoms with E-state index < -0.39 is 0 Å². The molecule has 0 saturated carbocycles. The minimum Gasteiger partial charge on any atom is -0.268 e. The fourth-order valence-corrected chi connectivity index (χ4v) is 3.18. The number of imide groups is 1. The summed E-state index contributed by atoms with van der Waals surface area (Å²) in [4.78, 5) is 26.1. The van der Waals surface area contributed by atoms with Crippen LogP contribution in [0.2, 0.25) is 0 Å². The van der Waals surface area contributed by atoms with E-state index in [-0.39, 0.29) is 23.5 Å². The van der Waals surface area contributed by atoms with Gasteiger partial charge in [0.1, 0.15) is 5.82 Å². The molecule has 1 saturated heterocycles. The van der Waals surface area contributed by atoms with E-state index in [1.165, 1.54) is 17.0 Å². The summed E-state index contributed by atoms with van der Waals surface area (Å²) in [6.07, 6.45) is 1.61. The van der Waals surface area contributed by atoms with Crippen LogP contribution in [0.3, 0.4) is 0 Å². The smallest absolute Gasteiger partial charge is 0.268 e. The third kappa shape index (κ3) is 3.51. The maximum absolute atomic E-state index is 12.9. The standard InChI is InChI=1S/C18H14FNO2S/c1-12-3-2-4-14(9-12)11-20-17(21)16(23-18(20)22)10-13-5-7-15(19)8-6-13/h2-10H,11H2,1H3/b16-10+. The second kappa shape index (κ2) is 6.38. The summed E-state index contributed by atoms with van der Waals surface area (Å²) >= 11 is 0.909. The second-order valence-electron chi connectivity index (χ2n) is 5.31. The van der Waals surface area contributed by atoms with Crippen LogP contribution in [0, 0.1) is 12.7 Å². The lowest BCUT2D eigenvalue weighted by Gasteiger charge is -2.12. The lowest BCUT2D eigenvalue weighted by atomic mass is 10.1. The number of halogens is 1. The van der Waals surface area contributed by atoms with Crippen LogP contribution in [0.25, 0.3) is 6.08 Å². The molecule has 1 fully saturated rings. The molecule has 1 heterocycles. The first-order valence-corrected chi connectivity index (χ1v) is 7.91. The molecule has 2 aromatic rings. The molecule has 116 valence electrons. The van der Waals surface area contributed by atoms with Gasteiger partial charge in [-0.05, 0) is 48.0 Å². The van der Waals surface area contributed by atoms with Gasteiger partial charge in [0.15, 0.2) is 0 Å².